The Balaban J connectivity index is 0. The molecule has 0 aromatic heterocycles. The van der Waals surface area contributed by atoms with Crippen molar-refractivity contribution in [3.8, 4) is 0 Å². The molecule has 8 heavy (non-hydrogen) atoms. The van der Waals surface area contributed by atoms with E-state index in [4.69, 9.17) is 4.80 Å². The van der Waals surface area contributed by atoms with Gasteiger partial charge in [-0.2, -0.15) is 0 Å². The molecule has 0 amide bonds. The first-order valence-electron chi connectivity index (χ1n) is 3.23. The summed E-state index contributed by atoms with van der Waals surface area (Å²) >= 11 is 0.815. The number of rotatable bonds is 2. The van der Waals surface area contributed by atoms with Gasteiger partial charge in [-0.05, 0) is 0 Å². The smallest absolute Gasteiger partial charge is 0.0836 e. The van der Waals surface area contributed by atoms with Gasteiger partial charge in [0.05, 0.1) is 0 Å². The quantitative estimate of drug-likeness (QED) is 0.505. The molecule has 0 radical (unpaired) electrons. The summed E-state index contributed by atoms with van der Waals surface area (Å²) in [6.07, 6.45) is 0. The van der Waals surface area contributed by atoms with Crippen LogP contribution < -0.4 is 4.80 Å². The van der Waals surface area contributed by atoms with Gasteiger partial charge in [0, 0.05) is 0 Å². The molecule has 0 N–H and O–H groups in total. The molecule has 0 aliphatic carbocycles. The molecule has 48 valence electrons. The Morgan fingerprint density at radius 1 is 1.38 bits per heavy atom. The monoisotopic (exact) mass is 146 g/mol. The van der Waals surface area contributed by atoms with Gasteiger partial charge in [0.15, 0.2) is 0 Å². The van der Waals surface area contributed by atoms with Crippen molar-refractivity contribution in [1.29, 1.82) is 0 Å². The summed E-state index contributed by atoms with van der Waals surface area (Å²) in [7, 11) is -0.833. The van der Waals surface area contributed by atoms with Crippen LogP contribution in [-0.2, 0) is 0 Å². The minimum atomic E-state index is -0.833. The molecule has 0 atom stereocenters. The Hall–Kier alpha value is 0.709. The van der Waals surface area contributed by atoms with Crippen LogP contribution in [0.3, 0.4) is 0 Å². The second-order valence-corrected chi connectivity index (χ2v) is 4.18. The third-order valence-electron chi connectivity index (χ3n) is 0.577. The van der Waals surface area contributed by atoms with E-state index < -0.39 is 9.76 Å². The van der Waals surface area contributed by atoms with Gasteiger partial charge in [-0.1, -0.05) is 16.3 Å². The van der Waals surface area contributed by atoms with Crippen LogP contribution in [-0.4, -0.2) is 25.0 Å². The Morgan fingerprint density at radius 2 is 1.62 bits per heavy atom. The Kier molecular flexibility index (Phi) is 22.5. The maximum absolute atomic E-state index is 9.07. The van der Waals surface area contributed by atoms with Crippen molar-refractivity contribution < 1.29 is 4.80 Å². The second kappa shape index (κ2) is 15.6. The first-order valence-corrected chi connectivity index (χ1v) is 6.85. The molecule has 0 spiro atoms. The standard InChI is InChI=1S/2C2H5.CH5OSi.Al/c2*1-2;1-3-2;/h2*1H2,2H3;3H2,1H3;/q;;-1;+1. The van der Waals surface area contributed by atoms with Crippen molar-refractivity contribution in [2.75, 3.05) is 0 Å². The van der Waals surface area contributed by atoms with Crippen LogP contribution in [0.25, 0.3) is 0 Å². The molecular weight excluding hydrogens is 131 g/mol. The van der Waals surface area contributed by atoms with E-state index in [0.717, 1.165) is 15.2 Å². The van der Waals surface area contributed by atoms with Gasteiger partial charge in [-0.15, -0.1) is 0 Å². The van der Waals surface area contributed by atoms with Crippen LogP contribution in [0.2, 0.25) is 17.1 Å². The van der Waals surface area contributed by atoms with E-state index in [-0.39, 0.29) is 0 Å². The summed E-state index contributed by atoms with van der Waals surface area (Å²) in [4.78, 5) is 9.07. The van der Waals surface area contributed by atoms with Crippen LogP contribution in [0.4, 0.5) is 0 Å². The zero-order valence-electron chi connectivity index (χ0n) is 6.11. The van der Waals surface area contributed by atoms with Crippen LogP contribution in [0.15, 0.2) is 0 Å². The maximum Gasteiger partial charge on any atom is -0.0836 e. The first kappa shape index (κ1) is 11.5. The second-order valence-electron chi connectivity index (χ2n) is 1.39. The van der Waals surface area contributed by atoms with E-state index in [1.807, 2.05) is 0 Å². The van der Waals surface area contributed by atoms with E-state index in [2.05, 4.69) is 13.8 Å². The van der Waals surface area contributed by atoms with Crippen LogP contribution >= 0.6 is 0 Å². The Bertz CT molecular complexity index is 26.4. The average molecular weight is 146 g/mol. The van der Waals surface area contributed by atoms with Crippen LogP contribution in [0.1, 0.15) is 13.8 Å². The summed E-state index contributed by atoms with van der Waals surface area (Å²) in [5, 5.41) is 2.85. The summed E-state index contributed by atoms with van der Waals surface area (Å²) in [5.41, 5.74) is 0. The maximum atomic E-state index is 9.07. The molecule has 0 bridgehead atoms. The minimum Gasteiger partial charge on any atom is -0.863 e. The fourth-order valence-corrected chi connectivity index (χ4v) is 0.866. The van der Waals surface area contributed by atoms with E-state index in [9.17, 15) is 0 Å². The summed E-state index contributed by atoms with van der Waals surface area (Å²) in [5.74, 6) is 0. The fourth-order valence-electron chi connectivity index (χ4n) is 0.289. The molecule has 0 saturated heterocycles. The van der Waals surface area contributed by atoms with E-state index in [0.29, 0.717) is 0 Å². The molecule has 0 heterocycles. The average Bonchev–Trinajstić information content (AvgIpc) is 1.71. The van der Waals surface area contributed by atoms with Crippen molar-refractivity contribution in [3.05, 3.63) is 0 Å². The number of hydrogen-bond donors (Lipinski definition) is 0. The molecular formula is C5H15AlOSi. The molecule has 0 aliphatic rings. The van der Waals surface area contributed by atoms with Gasteiger partial charge in [0.1, 0.15) is 0 Å². The first-order chi connectivity index (χ1) is 3.83. The van der Waals surface area contributed by atoms with Gasteiger partial charge < -0.3 is 4.80 Å². The van der Waals surface area contributed by atoms with Gasteiger partial charge >= 0.3 is 39.6 Å². The molecule has 3 heteroatoms. The summed E-state index contributed by atoms with van der Waals surface area (Å²) in [6, 6.07) is 0. The van der Waals surface area contributed by atoms with Gasteiger partial charge in [-0.25, -0.2) is 0 Å². The largest absolute Gasteiger partial charge is 0.863 e. The predicted molar refractivity (Wildman–Crippen MR) is 41.1 cm³/mol. The molecule has 1 nitrogen and oxygen atoms in total. The van der Waals surface area contributed by atoms with Crippen molar-refractivity contribution in [3.63, 3.8) is 0 Å². The zero-order valence-corrected chi connectivity index (χ0v) is 8.68. The third-order valence-corrected chi connectivity index (χ3v) is 1.73. The SMILES string of the molecule is C[CH2][Al+][CH2]C.C[SiH2][O-]. The molecule has 0 aromatic rings. The predicted octanol–water partition coefficient (Wildman–Crippen LogP) is 0.0456. The minimum absolute atomic E-state index is 0.815. The molecule has 0 fully saturated rings. The number of hydrogen-bond acceptors (Lipinski definition) is 1. The van der Waals surface area contributed by atoms with E-state index in [1.165, 1.54) is 10.6 Å². The van der Waals surface area contributed by atoms with Gasteiger partial charge in [0.2, 0.25) is 0 Å². The zero-order chi connectivity index (χ0) is 6.83. The van der Waals surface area contributed by atoms with Crippen LogP contribution in [0.5, 0.6) is 0 Å². The fraction of sp³-hybridized carbons (Fsp3) is 1.00. The topological polar surface area (TPSA) is 23.1 Å². The van der Waals surface area contributed by atoms with Crippen molar-refractivity contribution in [2.24, 2.45) is 0 Å². The van der Waals surface area contributed by atoms with E-state index in [1.54, 1.807) is 6.55 Å². The summed E-state index contributed by atoms with van der Waals surface area (Å²) in [6.45, 7) is 6.21. The summed E-state index contributed by atoms with van der Waals surface area (Å²) < 4.78 is 0. The Morgan fingerprint density at radius 3 is 1.62 bits per heavy atom. The molecule has 0 aromatic carbocycles. The molecule has 0 aliphatic heterocycles. The van der Waals surface area contributed by atoms with Crippen molar-refractivity contribution in [1.82, 2.24) is 0 Å². The van der Waals surface area contributed by atoms with Gasteiger partial charge in [0.25, 0.3) is 0 Å². The molecule has 0 saturated carbocycles. The van der Waals surface area contributed by atoms with Crippen LogP contribution in [0, 0.1) is 0 Å². The van der Waals surface area contributed by atoms with Gasteiger partial charge in [-0.3, -0.25) is 0 Å². The molecule has 0 rings (SSSR count). The van der Waals surface area contributed by atoms with E-state index >= 15 is 0 Å². The van der Waals surface area contributed by atoms with Crippen molar-refractivity contribution in [2.45, 2.75) is 31.0 Å². The Labute approximate surface area is 61.2 Å². The third kappa shape index (κ3) is 29.8. The normalized spacial score (nSPS) is 8.00. The van der Waals surface area contributed by atoms with Crippen molar-refractivity contribution >= 4 is 25.0 Å². The molecule has 0 unspecified atom stereocenters.